The van der Waals surface area contributed by atoms with E-state index in [1.54, 1.807) is 0 Å². The van der Waals surface area contributed by atoms with E-state index in [9.17, 15) is 0 Å². The zero-order valence-corrected chi connectivity index (χ0v) is 27.3. The average Bonchev–Trinajstić information content (AvgIpc) is 3.56. The van der Waals surface area contributed by atoms with Gasteiger partial charge in [-0.1, -0.05) is 146 Å². The molecule has 2 aromatic heterocycles. The maximum atomic E-state index is 5.11. The summed E-state index contributed by atoms with van der Waals surface area (Å²) >= 11 is 1.82. The number of rotatable bonds is 6. The third-order valence-electron chi connectivity index (χ3n) is 8.95. The van der Waals surface area contributed by atoms with Crippen LogP contribution >= 0.6 is 11.3 Å². The number of benzene rings is 7. The van der Waals surface area contributed by atoms with Crippen molar-refractivity contribution < 1.29 is 0 Å². The average molecular weight is 644 g/mol. The van der Waals surface area contributed by atoms with Crippen molar-refractivity contribution in [3.05, 3.63) is 176 Å². The van der Waals surface area contributed by atoms with Crippen molar-refractivity contribution >= 4 is 31.5 Å². The first-order valence-corrected chi connectivity index (χ1v) is 17.2. The maximum absolute atomic E-state index is 5.11. The molecule has 9 aromatic rings. The highest BCUT2D eigenvalue weighted by molar-refractivity contribution is 7.25. The van der Waals surface area contributed by atoms with Gasteiger partial charge in [-0.25, -0.2) is 15.0 Å². The summed E-state index contributed by atoms with van der Waals surface area (Å²) in [4.78, 5) is 15.3. The summed E-state index contributed by atoms with van der Waals surface area (Å²) in [6, 6.07) is 61.6. The van der Waals surface area contributed by atoms with E-state index in [2.05, 4.69) is 164 Å². The van der Waals surface area contributed by atoms with E-state index in [1.807, 2.05) is 23.5 Å². The topological polar surface area (TPSA) is 38.7 Å². The van der Waals surface area contributed by atoms with E-state index in [0.717, 1.165) is 33.4 Å². The van der Waals surface area contributed by atoms with Gasteiger partial charge in [0.2, 0.25) is 0 Å². The summed E-state index contributed by atoms with van der Waals surface area (Å²) in [7, 11) is 0. The molecule has 4 heteroatoms. The molecule has 49 heavy (non-hydrogen) atoms. The van der Waals surface area contributed by atoms with Crippen LogP contribution in [-0.4, -0.2) is 15.0 Å². The Labute approximate surface area is 288 Å². The fraction of sp³-hybridized carbons (Fsp3) is 0. The number of hydrogen-bond acceptors (Lipinski definition) is 4. The molecular weight excluding hydrogens is 615 g/mol. The summed E-state index contributed by atoms with van der Waals surface area (Å²) in [5.74, 6) is 1.94. The van der Waals surface area contributed by atoms with E-state index >= 15 is 0 Å². The molecule has 0 saturated heterocycles. The van der Waals surface area contributed by atoms with E-state index in [1.165, 1.54) is 36.9 Å². The van der Waals surface area contributed by atoms with Crippen LogP contribution in [0.1, 0.15) is 0 Å². The molecule has 0 amide bonds. The fourth-order valence-corrected chi connectivity index (χ4v) is 7.53. The smallest absolute Gasteiger partial charge is 0.164 e. The molecule has 0 saturated carbocycles. The monoisotopic (exact) mass is 643 g/mol. The predicted octanol–water partition coefficient (Wildman–Crippen LogP) is 12.2. The molecule has 9 rings (SSSR count). The molecule has 0 fully saturated rings. The van der Waals surface area contributed by atoms with Gasteiger partial charge < -0.3 is 0 Å². The molecule has 3 nitrogen and oxygen atoms in total. The van der Waals surface area contributed by atoms with Gasteiger partial charge in [0.25, 0.3) is 0 Å². The molecule has 0 aliphatic heterocycles. The van der Waals surface area contributed by atoms with Crippen LogP contribution in [0.2, 0.25) is 0 Å². The number of fused-ring (bicyclic) bond motifs is 3. The molecule has 0 atom stereocenters. The largest absolute Gasteiger partial charge is 0.208 e. The van der Waals surface area contributed by atoms with E-state index < -0.39 is 0 Å². The predicted molar refractivity (Wildman–Crippen MR) is 205 cm³/mol. The van der Waals surface area contributed by atoms with Gasteiger partial charge in [0, 0.05) is 36.9 Å². The third kappa shape index (κ3) is 5.69. The van der Waals surface area contributed by atoms with Crippen LogP contribution in [0.25, 0.3) is 87.7 Å². The van der Waals surface area contributed by atoms with Gasteiger partial charge in [-0.3, -0.25) is 0 Å². The summed E-state index contributed by atoms with van der Waals surface area (Å²) in [5.41, 5.74) is 9.90. The van der Waals surface area contributed by atoms with E-state index in [-0.39, 0.29) is 0 Å². The van der Waals surface area contributed by atoms with Gasteiger partial charge in [-0.2, -0.15) is 0 Å². The molecule has 230 valence electrons. The molecule has 2 heterocycles. The second-order valence-electron chi connectivity index (χ2n) is 12.1. The van der Waals surface area contributed by atoms with Gasteiger partial charge in [-0.15, -0.1) is 11.3 Å². The highest BCUT2D eigenvalue weighted by atomic mass is 32.1. The molecular formula is C45H29N3S. The van der Waals surface area contributed by atoms with Gasteiger partial charge in [0.1, 0.15) is 0 Å². The highest BCUT2D eigenvalue weighted by Crippen LogP contribution is 2.38. The van der Waals surface area contributed by atoms with Crippen molar-refractivity contribution in [3.8, 4) is 67.5 Å². The Morgan fingerprint density at radius 3 is 1.33 bits per heavy atom. The van der Waals surface area contributed by atoms with Gasteiger partial charge in [0.15, 0.2) is 17.5 Å². The van der Waals surface area contributed by atoms with Gasteiger partial charge in [-0.05, 0) is 63.7 Å². The minimum absolute atomic E-state index is 0.646. The second-order valence-corrected chi connectivity index (χ2v) is 13.2. The van der Waals surface area contributed by atoms with Crippen LogP contribution in [0.15, 0.2) is 176 Å². The van der Waals surface area contributed by atoms with Crippen LogP contribution in [0.4, 0.5) is 0 Å². The normalized spacial score (nSPS) is 11.3. The molecule has 0 radical (unpaired) electrons. The minimum atomic E-state index is 0.646. The number of nitrogens with zero attached hydrogens (tertiary/aromatic N) is 3. The van der Waals surface area contributed by atoms with Crippen molar-refractivity contribution in [3.63, 3.8) is 0 Å². The van der Waals surface area contributed by atoms with Crippen LogP contribution in [-0.2, 0) is 0 Å². The zero-order valence-electron chi connectivity index (χ0n) is 26.5. The standard InChI is InChI=1S/C45H29N3S/c1-4-11-30(12-5-1)33-19-21-34(22-20-33)43-46-44(37-18-10-17-35(27-37)31-13-6-2-7-14-31)48-45(47-43)38-24-26-41-40(28-38)39-25-23-36(29-42(39)49-41)32-15-8-3-9-16-32/h1-29H. The first-order chi connectivity index (χ1) is 24.2. The summed E-state index contributed by atoms with van der Waals surface area (Å²) in [6.45, 7) is 0. The van der Waals surface area contributed by atoms with Gasteiger partial charge >= 0.3 is 0 Å². The van der Waals surface area contributed by atoms with Crippen molar-refractivity contribution in [2.45, 2.75) is 0 Å². The lowest BCUT2D eigenvalue weighted by Gasteiger charge is -2.10. The molecule has 0 spiro atoms. The summed E-state index contributed by atoms with van der Waals surface area (Å²) in [6.07, 6.45) is 0. The minimum Gasteiger partial charge on any atom is -0.208 e. The third-order valence-corrected chi connectivity index (χ3v) is 10.1. The van der Waals surface area contributed by atoms with Crippen molar-refractivity contribution in [2.75, 3.05) is 0 Å². The van der Waals surface area contributed by atoms with Crippen molar-refractivity contribution in [1.29, 1.82) is 0 Å². The van der Waals surface area contributed by atoms with E-state index in [4.69, 9.17) is 15.0 Å². The lowest BCUT2D eigenvalue weighted by atomic mass is 10.0. The number of thiophene rings is 1. The lowest BCUT2D eigenvalue weighted by Crippen LogP contribution is -2.00. The molecule has 7 aromatic carbocycles. The van der Waals surface area contributed by atoms with E-state index in [0.29, 0.717) is 17.5 Å². The number of aromatic nitrogens is 3. The van der Waals surface area contributed by atoms with Crippen molar-refractivity contribution in [2.24, 2.45) is 0 Å². The lowest BCUT2D eigenvalue weighted by molar-refractivity contribution is 1.07. The molecule has 0 aliphatic carbocycles. The number of hydrogen-bond donors (Lipinski definition) is 0. The Morgan fingerprint density at radius 1 is 0.265 bits per heavy atom. The zero-order chi connectivity index (χ0) is 32.6. The first-order valence-electron chi connectivity index (χ1n) is 16.4. The molecule has 0 unspecified atom stereocenters. The molecule has 0 aliphatic rings. The molecule has 0 bridgehead atoms. The fourth-order valence-electron chi connectivity index (χ4n) is 6.40. The second kappa shape index (κ2) is 12.4. The summed E-state index contributed by atoms with van der Waals surface area (Å²) < 4.78 is 2.51. The Hall–Kier alpha value is -6.23. The van der Waals surface area contributed by atoms with Crippen LogP contribution < -0.4 is 0 Å². The highest BCUT2D eigenvalue weighted by Gasteiger charge is 2.15. The van der Waals surface area contributed by atoms with Crippen molar-refractivity contribution in [1.82, 2.24) is 15.0 Å². The van der Waals surface area contributed by atoms with Crippen LogP contribution in [0, 0.1) is 0 Å². The molecule has 0 N–H and O–H groups in total. The van der Waals surface area contributed by atoms with Crippen LogP contribution in [0.5, 0.6) is 0 Å². The Bertz CT molecular complexity index is 2580. The Morgan fingerprint density at radius 2 is 0.694 bits per heavy atom. The SMILES string of the molecule is c1ccc(-c2ccc(-c3nc(-c4cccc(-c5ccccc5)c4)nc(-c4ccc5sc6cc(-c7ccccc7)ccc6c5c4)n3)cc2)cc1. The Balaban J connectivity index is 1.17. The van der Waals surface area contributed by atoms with Crippen LogP contribution in [0.3, 0.4) is 0 Å². The van der Waals surface area contributed by atoms with Gasteiger partial charge in [0.05, 0.1) is 0 Å². The Kier molecular flexibility index (Phi) is 7.34. The maximum Gasteiger partial charge on any atom is 0.164 e. The quantitative estimate of drug-likeness (QED) is 0.181. The summed E-state index contributed by atoms with van der Waals surface area (Å²) in [5, 5.41) is 2.45. The first kappa shape index (κ1) is 29.0.